The molecule has 0 atom stereocenters. The van der Waals surface area contributed by atoms with Crippen LogP contribution in [-0.2, 0) is 17.6 Å². The van der Waals surface area contributed by atoms with Crippen molar-refractivity contribution < 1.29 is 18.0 Å². The summed E-state index contributed by atoms with van der Waals surface area (Å²) in [6.45, 7) is 1.63. The lowest BCUT2D eigenvalue weighted by Gasteiger charge is -2.11. The van der Waals surface area contributed by atoms with Gasteiger partial charge in [-0.25, -0.2) is 0 Å². The summed E-state index contributed by atoms with van der Waals surface area (Å²) in [6, 6.07) is 12.6. The van der Waals surface area contributed by atoms with Crippen LogP contribution in [0.5, 0.6) is 0 Å². The second-order valence-corrected chi connectivity index (χ2v) is 4.45. The number of benzene rings is 2. The topological polar surface area (TPSA) is 21.6 Å². The van der Waals surface area contributed by atoms with Crippen molar-refractivity contribution in [1.82, 2.24) is 0 Å². The van der Waals surface area contributed by atoms with Crippen LogP contribution in [0.1, 0.15) is 22.3 Å². The molecule has 109 valence electrons. The second kappa shape index (κ2) is 6.43. The van der Waals surface area contributed by atoms with E-state index in [4.69, 9.17) is 4.84 Å². The predicted octanol–water partition coefficient (Wildman–Crippen LogP) is 4.44. The van der Waals surface area contributed by atoms with Crippen molar-refractivity contribution in [2.24, 2.45) is 5.16 Å². The smallest absolute Gasteiger partial charge is 0.390 e. The van der Waals surface area contributed by atoms with Crippen LogP contribution in [0.4, 0.5) is 13.2 Å². The van der Waals surface area contributed by atoms with Gasteiger partial charge in [-0.1, -0.05) is 47.6 Å². The van der Waals surface area contributed by atoms with Crippen molar-refractivity contribution in [1.29, 1.82) is 0 Å². The summed E-state index contributed by atoms with van der Waals surface area (Å²) in [7, 11) is 0. The first kappa shape index (κ1) is 15.1. The lowest BCUT2D eigenvalue weighted by Crippen LogP contribution is -2.09. The van der Waals surface area contributed by atoms with Gasteiger partial charge in [0.05, 0.1) is 5.56 Å². The standard InChI is InChI=1S/C16H13F3NO/c1-12-6-2-3-7-13(12)10-20-21-11-14-8-4-5-9-15(14)16(17,18)19/h2-9H,11H2,1H3. The fourth-order valence-electron chi connectivity index (χ4n) is 1.80. The first-order chi connectivity index (χ1) is 9.98. The third-order valence-corrected chi connectivity index (χ3v) is 2.92. The highest BCUT2D eigenvalue weighted by Gasteiger charge is 2.32. The monoisotopic (exact) mass is 292 g/mol. The van der Waals surface area contributed by atoms with Gasteiger partial charge >= 0.3 is 6.18 Å². The molecule has 0 N–H and O–H groups in total. The summed E-state index contributed by atoms with van der Waals surface area (Å²) in [6.07, 6.45) is -1.74. The van der Waals surface area contributed by atoms with Gasteiger partial charge in [0, 0.05) is 11.1 Å². The molecule has 0 unspecified atom stereocenters. The van der Waals surface area contributed by atoms with Gasteiger partial charge in [0.15, 0.2) is 0 Å². The molecule has 0 aliphatic carbocycles. The van der Waals surface area contributed by atoms with Gasteiger partial charge in [-0.15, -0.1) is 0 Å². The van der Waals surface area contributed by atoms with Crippen molar-refractivity contribution in [3.8, 4) is 0 Å². The molecule has 0 saturated carbocycles. The Morgan fingerprint density at radius 1 is 1.05 bits per heavy atom. The van der Waals surface area contributed by atoms with Gasteiger partial charge in [-0.2, -0.15) is 13.2 Å². The summed E-state index contributed by atoms with van der Waals surface area (Å²) >= 11 is 0. The third kappa shape index (κ3) is 4.08. The predicted molar refractivity (Wildman–Crippen MR) is 73.9 cm³/mol. The number of hydrogen-bond acceptors (Lipinski definition) is 2. The zero-order valence-corrected chi connectivity index (χ0v) is 11.3. The number of aryl methyl sites for hydroxylation is 1. The van der Waals surface area contributed by atoms with E-state index in [1.165, 1.54) is 18.2 Å². The molecule has 0 bridgehead atoms. The van der Waals surface area contributed by atoms with Crippen molar-refractivity contribution in [2.75, 3.05) is 0 Å². The van der Waals surface area contributed by atoms with Gasteiger partial charge in [0.25, 0.3) is 0 Å². The highest BCUT2D eigenvalue weighted by molar-refractivity contribution is 5.81. The molecule has 5 heteroatoms. The maximum atomic E-state index is 12.8. The number of alkyl halides is 3. The van der Waals surface area contributed by atoms with E-state index in [0.717, 1.165) is 17.2 Å². The molecule has 0 saturated heterocycles. The normalized spacial score (nSPS) is 11.8. The summed E-state index contributed by atoms with van der Waals surface area (Å²) in [5, 5.41) is 3.60. The van der Waals surface area contributed by atoms with Crippen molar-refractivity contribution in [3.05, 3.63) is 70.8 Å². The van der Waals surface area contributed by atoms with E-state index < -0.39 is 11.7 Å². The van der Waals surface area contributed by atoms with Crippen LogP contribution in [-0.4, -0.2) is 6.21 Å². The van der Waals surface area contributed by atoms with E-state index in [9.17, 15) is 13.2 Å². The molecule has 0 amide bonds. The van der Waals surface area contributed by atoms with Crippen LogP contribution in [0.3, 0.4) is 0 Å². The average molecular weight is 292 g/mol. The minimum Gasteiger partial charge on any atom is -0.390 e. The quantitative estimate of drug-likeness (QED) is 0.603. The molecule has 0 heterocycles. The summed E-state index contributed by atoms with van der Waals surface area (Å²) in [4.78, 5) is 4.93. The molecular formula is C16H13F3NO. The van der Waals surface area contributed by atoms with Crippen LogP contribution < -0.4 is 0 Å². The Labute approximate surface area is 120 Å². The average Bonchev–Trinajstić information content (AvgIpc) is 2.45. The Morgan fingerprint density at radius 2 is 1.71 bits per heavy atom. The largest absolute Gasteiger partial charge is 0.416 e. The molecular weight excluding hydrogens is 279 g/mol. The first-order valence-corrected chi connectivity index (χ1v) is 6.27. The number of nitrogens with zero attached hydrogens (tertiary/aromatic N) is 1. The molecule has 2 rings (SSSR count). The van der Waals surface area contributed by atoms with E-state index in [1.807, 2.05) is 25.1 Å². The van der Waals surface area contributed by atoms with Crippen molar-refractivity contribution in [3.63, 3.8) is 0 Å². The van der Waals surface area contributed by atoms with Crippen molar-refractivity contribution >= 4 is 6.21 Å². The third-order valence-electron chi connectivity index (χ3n) is 2.92. The zero-order chi connectivity index (χ0) is 15.3. The highest BCUT2D eigenvalue weighted by Crippen LogP contribution is 2.32. The summed E-state index contributed by atoms with van der Waals surface area (Å²) in [5.74, 6) is 0. The Morgan fingerprint density at radius 3 is 2.43 bits per heavy atom. The SMILES string of the molecule is Cc1ccccc1/[C]=N\OCc1ccccc1C(F)(F)F. The minimum atomic E-state index is -4.40. The van der Waals surface area contributed by atoms with Crippen molar-refractivity contribution in [2.45, 2.75) is 19.7 Å². The molecule has 0 aliphatic heterocycles. The van der Waals surface area contributed by atoms with Crippen LogP contribution >= 0.6 is 0 Å². The van der Waals surface area contributed by atoms with E-state index in [-0.39, 0.29) is 12.2 Å². The van der Waals surface area contributed by atoms with Crippen LogP contribution in [0, 0.1) is 6.92 Å². The van der Waals surface area contributed by atoms with E-state index in [2.05, 4.69) is 11.4 Å². The fourth-order valence-corrected chi connectivity index (χ4v) is 1.80. The second-order valence-electron chi connectivity index (χ2n) is 4.45. The van der Waals surface area contributed by atoms with Gasteiger partial charge in [0.2, 0.25) is 0 Å². The summed E-state index contributed by atoms with van der Waals surface area (Å²) in [5.41, 5.74) is 1.03. The number of hydrogen-bond donors (Lipinski definition) is 0. The van der Waals surface area contributed by atoms with Gasteiger partial charge < -0.3 is 4.84 Å². The molecule has 2 nitrogen and oxygen atoms in total. The molecule has 1 radical (unpaired) electrons. The Bertz CT molecular complexity index is 635. The molecule has 0 aliphatic rings. The maximum Gasteiger partial charge on any atom is 0.416 e. The van der Waals surface area contributed by atoms with E-state index >= 15 is 0 Å². The fraction of sp³-hybridized carbons (Fsp3) is 0.188. The van der Waals surface area contributed by atoms with Gasteiger partial charge in [0.1, 0.15) is 12.8 Å². The lowest BCUT2D eigenvalue weighted by molar-refractivity contribution is -0.138. The Kier molecular flexibility index (Phi) is 4.62. The Balaban J connectivity index is 2.03. The molecule has 2 aromatic rings. The van der Waals surface area contributed by atoms with Gasteiger partial charge in [-0.05, 0) is 18.6 Å². The Hall–Kier alpha value is -2.30. The van der Waals surface area contributed by atoms with Crippen LogP contribution in [0.15, 0.2) is 53.7 Å². The minimum absolute atomic E-state index is 0.0420. The van der Waals surface area contributed by atoms with Gasteiger partial charge in [-0.3, -0.25) is 0 Å². The number of rotatable bonds is 4. The molecule has 21 heavy (non-hydrogen) atoms. The summed E-state index contributed by atoms with van der Waals surface area (Å²) < 4.78 is 38.3. The van der Waals surface area contributed by atoms with Crippen LogP contribution in [0.2, 0.25) is 0 Å². The molecule has 2 aromatic carbocycles. The highest BCUT2D eigenvalue weighted by atomic mass is 19.4. The molecule has 0 fully saturated rings. The lowest BCUT2D eigenvalue weighted by atomic mass is 10.1. The first-order valence-electron chi connectivity index (χ1n) is 6.27. The number of halogens is 3. The molecule has 0 aromatic heterocycles. The zero-order valence-electron chi connectivity index (χ0n) is 11.3. The maximum absolute atomic E-state index is 12.8. The molecule has 0 spiro atoms. The van der Waals surface area contributed by atoms with E-state index in [1.54, 1.807) is 6.07 Å². The van der Waals surface area contributed by atoms with E-state index in [0.29, 0.717) is 0 Å². The van der Waals surface area contributed by atoms with Crippen LogP contribution in [0.25, 0.3) is 0 Å².